The summed E-state index contributed by atoms with van der Waals surface area (Å²) in [5.74, 6) is -0.0388. The van der Waals surface area contributed by atoms with Gasteiger partial charge >= 0.3 is 0 Å². The van der Waals surface area contributed by atoms with E-state index in [-0.39, 0.29) is 17.3 Å². The molecule has 0 fully saturated rings. The quantitative estimate of drug-likeness (QED) is 0.182. The fraction of sp³-hybridized carbons (Fsp3) is 0.100. The lowest BCUT2D eigenvalue weighted by Gasteiger charge is -2.60. The van der Waals surface area contributed by atoms with E-state index >= 15 is 0 Å². The van der Waals surface area contributed by atoms with Gasteiger partial charge in [-0.2, -0.15) is 10.5 Å². The Morgan fingerprint density at radius 2 is 0.968 bits per heavy atom. The molecule has 292 valence electrons. The van der Waals surface area contributed by atoms with Gasteiger partial charge in [0.05, 0.1) is 40.3 Å². The first-order chi connectivity index (χ1) is 30.9. The first-order valence-corrected chi connectivity index (χ1v) is 22.0. The molecule has 5 aromatic rings. The third-order valence-corrected chi connectivity index (χ3v) is 15.4. The topological polar surface area (TPSA) is 50.8 Å². The second kappa shape index (κ2) is 11.9. The van der Waals surface area contributed by atoms with Crippen molar-refractivity contribution in [2.45, 2.75) is 19.3 Å². The van der Waals surface area contributed by atoms with Gasteiger partial charge in [0.25, 0.3) is 0 Å². The lowest BCUT2D eigenvalue weighted by molar-refractivity contribution is 0.270. The van der Waals surface area contributed by atoms with Crippen LogP contribution in [-0.2, 0) is 5.41 Å². The molecule has 1 aliphatic heterocycles. The summed E-state index contributed by atoms with van der Waals surface area (Å²) in [5, 5.41) is 20.6. The maximum atomic E-state index is 10.3. The Morgan fingerprint density at radius 3 is 1.57 bits per heavy atom. The third-order valence-electron chi connectivity index (χ3n) is 15.4. The predicted octanol–water partition coefficient (Wildman–Crippen LogP) is 13.3. The van der Waals surface area contributed by atoms with Crippen LogP contribution >= 0.6 is 0 Å². The minimum atomic E-state index is -0.479. The fourth-order valence-electron chi connectivity index (χ4n) is 13.4. The average Bonchev–Trinajstić information content (AvgIpc) is 4.16. The van der Waals surface area contributed by atoms with Gasteiger partial charge in [-0.3, -0.25) is 0 Å². The van der Waals surface area contributed by atoms with Crippen LogP contribution in [0.3, 0.4) is 0 Å². The highest BCUT2D eigenvalue weighted by Gasteiger charge is 2.68. The molecule has 3 heteroatoms. The monoisotopic (exact) mass is 799 g/mol. The van der Waals surface area contributed by atoms with E-state index < -0.39 is 5.41 Å². The first kappa shape index (κ1) is 34.7. The van der Waals surface area contributed by atoms with Gasteiger partial charge in [-0.1, -0.05) is 160 Å². The van der Waals surface area contributed by atoms with Gasteiger partial charge in [-0.25, -0.2) is 0 Å². The molecule has 0 radical (unpaired) electrons. The number of hydrogen-bond donors (Lipinski definition) is 0. The summed E-state index contributed by atoms with van der Waals surface area (Å²) < 4.78 is 0. The molecule has 8 aliphatic carbocycles. The van der Waals surface area contributed by atoms with E-state index in [0.717, 1.165) is 11.1 Å². The lowest BCUT2D eigenvalue weighted by Crippen LogP contribution is -2.52. The Morgan fingerprint density at radius 1 is 0.476 bits per heavy atom. The van der Waals surface area contributed by atoms with Gasteiger partial charge < -0.3 is 4.90 Å². The summed E-state index contributed by atoms with van der Waals surface area (Å²) in [6, 6.07) is 50.5. The minimum Gasteiger partial charge on any atom is -0.309 e. The van der Waals surface area contributed by atoms with Crippen LogP contribution < -0.4 is 4.90 Å². The van der Waals surface area contributed by atoms with E-state index in [2.05, 4.69) is 189 Å². The number of hydrogen-bond acceptors (Lipinski definition) is 3. The summed E-state index contributed by atoms with van der Waals surface area (Å²) in [7, 11) is 0. The normalized spacial score (nSPS) is 24.1. The summed E-state index contributed by atoms with van der Waals surface area (Å²) in [6.07, 6.45) is 19.3. The molecule has 0 saturated carbocycles. The average molecular weight is 800 g/mol. The van der Waals surface area contributed by atoms with Gasteiger partial charge in [0.1, 0.15) is 0 Å². The number of allylic oxidation sites excluding steroid dienone is 21. The molecule has 3 nitrogen and oxygen atoms in total. The van der Waals surface area contributed by atoms with Crippen LogP contribution in [0.1, 0.15) is 52.8 Å². The highest BCUT2D eigenvalue weighted by atomic mass is 15.2. The highest BCUT2D eigenvalue weighted by Crippen LogP contribution is 2.78. The minimum absolute atomic E-state index is 0.00634. The molecule has 3 atom stereocenters. The number of benzene rings is 5. The summed E-state index contributed by atoms with van der Waals surface area (Å²) in [5.41, 5.74) is 26.8. The maximum Gasteiger partial charge on any atom is 0.0992 e. The van der Waals surface area contributed by atoms with Crippen LogP contribution in [0.2, 0.25) is 0 Å². The Hall–Kier alpha value is -7.98. The van der Waals surface area contributed by atoms with Gasteiger partial charge in [0, 0.05) is 28.2 Å². The van der Waals surface area contributed by atoms with Crippen LogP contribution in [0.5, 0.6) is 0 Å². The molecule has 3 unspecified atom stereocenters. The van der Waals surface area contributed by atoms with Crippen LogP contribution in [0.15, 0.2) is 237 Å². The van der Waals surface area contributed by atoms with Crippen LogP contribution in [0.4, 0.5) is 11.4 Å². The van der Waals surface area contributed by atoms with Crippen molar-refractivity contribution in [2.24, 2.45) is 17.3 Å². The number of fused-ring (bicyclic) bond motifs is 2. The van der Waals surface area contributed by atoms with E-state index in [1.807, 2.05) is 12.1 Å². The molecule has 63 heavy (non-hydrogen) atoms. The van der Waals surface area contributed by atoms with E-state index in [9.17, 15) is 10.5 Å². The summed E-state index contributed by atoms with van der Waals surface area (Å²) >= 11 is 0. The van der Waals surface area contributed by atoms with Crippen molar-refractivity contribution in [1.82, 2.24) is 0 Å². The van der Waals surface area contributed by atoms with Crippen molar-refractivity contribution in [3.8, 4) is 12.1 Å². The molecular weight excluding hydrogens is 763 g/mol. The van der Waals surface area contributed by atoms with Crippen molar-refractivity contribution in [3.05, 3.63) is 276 Å². The van der Waals surface area contributed by atoms with E-state index in [4.69, 9.17) is 0 Å². The van der Waals surface area contributed by atoms with Gasteiger partial charge in [-0.05, 0) is 125 Å². The molecule has 0 amide bonds. The van der Waals surface area contributed by atoms with Crippen LogP contribution in [0.25, 0.3) is 16.7 Å². The molecule has 14 rings (SSSR count). The Balaban J connectivity index is 1.16. The number of rotatable bonds is 4. The number of anilines is 2. The zero-order valence-electron chi connectivity index (χ0n) is 34.7. The first-order valence-electron chi connectivity index (χ1n) is 22.0. The molecule has 1 spiro atoms. The molecule has 5 aromatic carbocycles. The van der Waals surface area contributed by atoms with Gasteiger partial charge in [0.2, 0.25) is 0 Å². The second-order valence-corrected chi connectivity index (χ2v) is 18.5. The number of nitriles is 2. The van der Waals surface area contributed by atoms with E-state index in [1.165, 1.54) is 106 Å². The van der Waals surface area contributed by atoms with E-state index in [0.29, 0.717) is 11.1 Å². The highest BCUT2D eigenvalue weighted by molar-refractivity contribution is 6.07. The van der Waals surface area contributed by atoms with Gasteiger partial charge in [0.15, 0.2) is 0 Å². The molecule has 1 heterocycles. The Kier molecular flexibility index (Phi) is 6.55. The molecule has 0 saturated heterocycles. The number of para-hydroxylation sites is 2. The fourth-order valence-corrected chi connectivity index (χ4v) is 13.4. The predicted molar refractivity (Wildman–Crippen MR) is 251 cm³/mol. The zero-order valence-corrected chi connectivity index (χ0v) is 34.7. The van der Waals surface area contributed by atoms with Gasteiger partial charge in [-0.15, -0.1) is 0 Å². The molecule has 0 aromatic heterocycles. The SMILES string of the molecule is CC1(C)c2ccccc2N(C2=C3C=CC4=C3C35C6=C(C=CC6=C(c6ccccc6)C6=CC=C2C63)C(c2cc(C#N)cc(C#N)c2)=C2C=CC(=C4c3ccccc3)C25)c2ccccc21. The molecule has 0 N–H and O–H groups in total. The van der Waals surface area contributed by atoms with Crippen molar-refractivity contribution < 1.29 is 0 Å². The molecule has 9 aliphatic rings. The Bertz CT molecular complexity index is 3450. The number of nitrogens with zero attached hydrogens (tertiary/aromatic N) is 3. The van der Waals surface area contributed by atoms with Crippen molar-refractivity contribution >= 4 is 28.1 Å². The third kappa shape index (κ3) is 4.05. The largest absolute Gasteiger partial charge is 0.309 e. The maximum absolute atomic E-state index is 10.3. The second-order valence-electron chi connectivity index (χ2n) is 18.5. The van der Waals surface area contributed by atoms with E-state index in [1.54, 1.807) is 6.07 Å². The van der Waals surface area contributed by atoms with Crippen molar-refractivity contribution in [2.75, 3.05) is 4.90 Å². The summed E-state index contributed by atoms with van der Waals surface area (Å²) in [4.78, 5) is 2.61. The smallest absolute Gasteiger partial charge is 0.0992 e. The zero-order chi connectivity index (χ0) is 41.9. The lowest BCUT2D eigenvalue weighted by atomic mass is 9.42. The van der Waals surface area contributed by atoms with Crippen molar-refractivity contribution in [3.63, 3.8) is 0 Å². The van der Waals surface area contributed by atoms with Crippen LogP contribution in [0, 0.1) is 39.9 Å². The summed E-state index contributed by atoms with van der Waals surface area (Å²) in [6.45, 7) is 4.74. The standard InChI is InChI=1S/C60H37N3/c1-59(2)47-17-9-11-19-49(47)63(50-20-12-10-18-48(50)59)58-45-27-25-41-51(36-13-5-3-6-14-36)39-21-23-43-53(38-30-34(32-61)29-35(31-38)33-62)44-24-22-40-52(37-15-7-4-8-16-37)42-26-28-46(58)57(42)60(54(39)43,55(40)44)56(41)45/h3-31,54,57H,1-2H3. The Labute approximate surface area is 367 Å². The molecular formula is C60H37N3. The molecule has 0 bridgehead atoms. The van der Waals surface area contributed by atoms with Crippen molar-refractivity contribution in [1.29, 1.82) is 10.5 Å². The van der Waals surface area contributed by atoms with Crippen LogP contribution in [-0.4, -0.2) is 0 Å².